The van der Waals surface area contributed by atoms with Gasteiger partial charge in [-0.05, 0) is 56.4 Å². The van der Waals surface area contributed by atoms with Gasteiger partial charge < -0.3 is 15.8 Å². The van der Waals surface area contributed by atoms with Crippen LogP contribution in [0.1, 0.15) is 38.2 Å². The van der Waals surface area contributed by atoms with Crippen LogP contribution < -0.4 is 15.8 Å². The zero-order valence-corrected chi connectivity index (χ0v) is 12.3. The summed E-state index contributed by atoms with van der Waals surface area (Å²) >= 11 is 0. The van der Waals surface area contributed by atoms with E-state index in [9.17, 15) is 4.79 Å². The second-order valence-electron chi connectivity index (χ2n) is 5.52. The van der Waals surface area contributed by atoms with Crippen LogP contribution in [-0.2, 0) is 4.79 Å². The number of ether oxygens (including phenoxy) is 1. The number of benzene rings is 1. The number of hydrogen-bond donors (Lipinski definition) is 2. The summed E-state index contributed by atoms with van der Waals surface area (Å²) in [4.78, 5) is 12.1. The highest BCUT2D eigenvalue weighted by Gasteiger charge is 2.26. The highest BCUT2D eigenvalue weighted by Crippen LogP contribution is 2.28. The first-order valence-corrected chi connectivity index (χ1v) is 7.39. The largest absolute Gasteiger partial charge is 0.494 e. The summed E-state index contributed by atoms with van der Waals surface area (Å²) in [5.41, 5.74) is 7.87. The van der Waals surface area contributed by atoms with Gasteiger partial charge in [0.05, 0.1) is 6.61 Å². The predicted octanol–water partition coefficient (Wildman–Crippen LogP) is 2.85. The number of amides is 1. The van der Waals surface area contributed by atoms with Gasteiger partial charge in [-0.15, -0.1) is 0 Å². The molecule has 4 nitrogen and oxygen atoms in total. The Labute approximate surface area is 120 Å². The highest BCUT2D eigenvalue weighted by molar-refractivity contribution is 5.91. The van der Waals surface area contributed by atoms with Gasteiger partial charge in [-0.2, -0.15) is 0 Å². The van der Waals surface area contributed by atoms with Crippen LogP contribution in [0.5, 0.6) is 5.75 Å². The molecule has 1 aromatic carbocycles. The maximum atomic E-state index is 12.1. The Morgan fingerprint density at radius 3 is 2.85 bits per heavy atom. The van der Waals surface area contributed by atoms with Gasteiger partial charge in [0.1, 0.15) is 5.75 Å². The quantitative estimate of drug-likeness (QED) is 0.869. The van der Waals surface area contributed by atoms with Gasteiger partial charge in [0.25, 0.3) is 0 Å². The second kappa shape index (κ2) is 6.75. The summed E-state index contributed by atoms with van der Waals surface area (Å²) in [6, 6.07) is 5.91. The van der Waals surface area contributed by atoms with Crippen molar-refractivity contribution < 1.29 is 9.53 Å². The van der Waals surface area contributed by atoms with Gasteiger partial charge in [0.15, 0.2) is 0 Å². The van der Waals surface area contributed by atoms with Crippen molar-refractivity contribution in [1.29, 1.82) is 0 Å². The number of nitrogens with one attached hydrogen (secondary N) is 1. The van der Waals surface area contributed by atoms with Gasteiger partial charge >= 0.3 is 0 Å². The number of aryl methyl sites for hydroxylation is 1. The van der Waals surface area contributed by atoms with Crippen molar-refractivity contribution in [2.24, 2.45) is 11.7 Å². The molecule has 1 amide bonds. The molecule has 0 saturated heterocycles. The monoisotopic (exact) mass is 276 g/mol. The molecule has 0 spiro atoms. The lowest BCUT2D eigenvalue weighted by molar-refractivity contribution is -0.117. The molecule has 2 rings (SSSR count). The third-order valence-electron chi connectivity index (χ3n) is 3.95. The van der Waals surface area contributed by atoms with Crippen LogP contribution in [0.4, 0.5) is 5.69 Å². The van der Waals surface area contributed by atoms with E-state index >= 15 is 0 Å². The molecule has 0 heterocycles. The van der Waals surface area contributed by atoms with Gasteiger partial charge in [-0.25, -0.2) is 0 Å². The van der Waals surface area contributed by atoms with Crippen LogP contribution in [-0.4, -0.2) is 18.6 Å². The Morgan fingerprint density at radius 2 is 2.25 bits per heavy atom. The Bertz CT molecular complexity index is 474. The summed E-state index contributed by atoms with van der Waals surface area (Å²) in [5.74, 6) is 1.22. The molecule has 1 aromatic rings. The molecule has 0 aromatic heterocycles. The molecule has 110 valence electrons. The molecule has 0 bridgehead atoms. The number of anilines is 1. The maximum absolute atomic E-state index is 12.1. The van der Waals surface area contributed by atoms with Gasteiger partial charge in [-0.1, -0.05) is 6.42 Å². The van der Waals surface area contributed by atoms with Crippen molar-refractivity contribution in [1.82, 2.24) is 0 Å². The lowest BCUT2D eigenvalue weighted by Crippen LogP contribution is -2.28. The predicted molar refractivity (Wildman–Crippen MR) is 80.9 cm³/mol. The van der Waals surface area contributed by atoms with Crippen molar-refractivity contribution in [3.63, 3.8) is 0 Å². The molecule has 2 atom stereocenters. The van der Waals surface area contributed by atoms with Gasteiger partial charge in [0.2, 0.25) is 5.91 Å². The van der Waals surface area contributed by atoms with Gasteiger partial charge in [-0.3, -0.25) is 4.79 Å². The van der Waals surface area contributed by atoms with Gasteiger partial charge in [0, 0.05) is 18.2 Å². The molecule has 3 N–H and O–H groups in total. The molecule has 1 fully saturated rings. The number of rotatable bonds is 5. The van der Waals surface area contributed by atoms with E-state index in [0.717, 1.165) is 36.3 Å². The molecule has 1 aliphatic carbocycles. The molecule has 20 heavy (non-hydrogen) atoms. The SMILES string of the molecule is CCOc1ccc(NC(=O)C[C@@H]2CCC[C@H]2N)c(C)c1. The van der Waals surface area contributed by atoms with E-state index in [1.807, 2.05) is 32.0 Å². The zero-order chi connectivity index (χ0) is 14.5. The second-order valence-corrected chi connectivity index (χ2v) is 5.52. The Kier molecular flexibility index (Phi) is 5.01. The summed E-state index contributed by atoms with van der Waals surface area (Å²) in [5, 5.41) is 2.98. The summed E-state index contributed by atoms with van der Waals surface area (Å²) in [6.45, 7) is 4.57. The minimum Gasteiger partial charge on any atom is -0.494 e. The smallest absolute Gasteiger partial charge is 0.224 e. The molecule has 4 heteroatoms. The molecule has 1 aliphatic rings. The average Bonchev–Trinajstić information content (AvgIpc) is 2.79. The number of carbonyl (C=O) groups is 1. The van der Waals surface area contributed by atoms with E-state index in [1.54, 1.807) is 0 Å². The number of carbonyl (C=O) groups excluding carboxylic acids is 1. The van der Waals surface area contributed by atoms with E-state index < -0.39 is 0 Å². The van der Waals surface area contributed by atoms with Crippen molar-refractivity contribution in [2.75, 3.05) is 11.9 Å². The van der Waals surface area contributed by atoms with Crippen LogP contribution in [0.15, 0.2) is 18.2 Å². The summed E-state index contributed by atoms with van der Waals surface area (Å²) < 4.78 is 5.44. The maximum Gasteiger partial charge on any atom is 0.224 e. The molecule has 0 aliphatic heterocycles. The van der Waals surface area contributed by atoms with Crippen LogP contribution in [0, 0.1) is 12.8 Å². The Balaban J connectivity index is 1.93. The summed E-state index contributed by atoms with van der Waals surface area (Å²) in [7, 11) is 0. The average molecular weight is 276 g/mol. The fourth-order valence-electron chi connectivity index (χ4n) is 2.79. The minimum absolute atomic E-state index is 0.0552. The highest BCUT2D eigenvalue weighted by atomic mass is 16.5. The molecular formula is C16H24N2O2. The first-order valence-electron chi connectivity index (χ1n) is 7.39. The third-order valence-corrected chi connectivity index (χ3v) is 3.95. The Morgan fingerprint density at radius 1 is 1.45 bits per heavy atom. The van der Waals surface area contributed by atoms with Crippen LogP contribution >= 0.6 is 0 Å². The summed E-state index contributed by atoms with van der Waals surface area (Å²) in [6.07, 6.45) is 3.77. The fraction of sp³-hybridized carbons (Fsp3) is 0.562. The first kappa shape index (κ1) is 14.9. The third kappa shape index (κ3) is 3.73. The number of hydrogen-bond acceptors (Lipinski definition) is 3. The Hall–Kier alpha value is -1.55. The van der Waals surface area contributed by atoms with Crippen molar-refractivity contribution >= 4 is 11.6 Å². The normalized spacial score (nSPS) is 21.8. The van der Waals surface area contributed by atoms with Crippen LogP contribution in [0.3, 0.4) is 0 Å². The topological polar surface area (TPSA) is 64.3 Å². The lowest BCUT2D eigenvalue weighted by Gasteiger charge is -2.16. The van der Waals surface area contributed by atoms with E-state index in [-0.39, 0.29) is 11.9 Å². The molecule has 0 unspecified atom stereocenters. The molecule has 1 saturated carbocycles. The molecule has 0 radical (unpaired) electrons. The standard InChI is InChI=1S/C16H24N2O2/c1-3-20-13-7-8-15(11(2)9-13)18-16(19)10-12-5-4-6-14(12)17/h7-9,12,14H,3-6,10,17H2,1-2H3,(H,18,19)/t12-,14+/m0/s1. The van der Waals surface area contributed by atoms with Crippen molar-refractivity contribution in [3.05, 3.63) is 23.8 Å². The van der Waals surface area contributed by atoms with E-state index in [1.165, 1.54) is 0 Å². The van der Waals surface area contributed by atoms with E-state index in [4.69, 9.17) is 10.5 Å². The van der Waals surface area contributed by atoms with Crippen molar-refractivity contribution in [3.8, 4) is 5.75 Å². The first-order chi connectivity index (χ1) is 9.60. The molecular weight excluding hydrogens is 252 g/mol. The van der Waals surface area contributed by atoms with Crippen molar-refractivity contribution in [2.45, 2.75) is 45.6 Å². The van der Waals surface area contributed by atoms with Crippen LogP contribution in [0.25, 0.3) is 0 Å². The zero-order valence-electron chi connectivity index (χ0n) is 12.3. The minimum atomic E-state index is 0.0552. The lowest BCUT2D eigenvalue weighted by atomic mass is 10.00. The van der Waals surface area contributed by atoms with E-state index in [0.29, 0.717) is 18.9 Å². The van der Waals surface area contributed by atoms with E-state index in [2.05, 4.69) is 5.32 Å². The van der Waals surface area contributed by atoms with Crippen LogP contribution in [0.2, 0.25) is 0 Å². The number of nitrogens with two attached hydrogens (primary N) is 1. The fourth-order valence-corrected chi connectivity index (χ4v) is 2.79.